The molecule has 0 N–H and O–H groups in total. The molecule has 0 radical (unpaired) electrons. The molecule has 3 heterocycles. The first-order chi connectivity index (χ1) is 20.0. The SMILES string of the molecule is Cc1oc(=O)oc1COC(=O)N1CC[C@@H](N2CC[C@H]([P+](c3ccccc3)(c3ccccc3)c3ccccc3)C2=O)C1. The highest BCUT2D eigenvalue weighted by Crippen LogP contribution is 2.62. The fraction of sp³-hybridized carbons (Fsp3) is 0.281. The zero-order valence-corrected chi connectivity index (χ0v) is 23.7. The Morgan fingerprint density at radius 2 is 1.39 bits per heavy atom. The van der Waals surface area contributed by atoms with Gasteiger partial charge in [-0.3, -0.25) is 4.79 Å². The lowest BCUT2D eigenvalue weighted by molar-refractivity contribution is -0.129. The number of carbonyl (C=O) groups excluding carboxylic acids is 2. The molecule has 3 aromatic carbocycles. The molecule has 2 fully saturated rings. The van der Waals surface area contributed by atoms with E-state index in [1.807, 2.05) is 23.1 Å². The number of amides is 2. The van der Waals surface area contributed by atoms with Crippen LogP contribution >= 0.6 is 7.26 Å². The number of aryl methyl sites for hydroxylation is 1. The first-order valence-electron chi connectivity index (χ1n) is 13.9. The zero-order chi connectivity index (χ0) is 28.4. The van der Waals surface area contributed by atoms with Crippen molar-refractivity contribution in [1.82, 2.24) is 9.80 Å². The van der Waals surface area contributed by atoms with Crippen molar-refractivity contribution >= 4 is 35.2 Å². The highest BCUT2D eigenvalue weighted by atomic mass is 31.2. The lowest BCUT2D eigenvalue weighted by Crippen LogP contribution is -2.45. The van der Waals surface area contributed by atoms with Crippen LogP contribution in [0.15, 0.2) is 105 Å². The van der Waals surface area contributed by atoms with Crippen LogP contribution in [0.2, 0.25) is 0 Å². The number of likely N-dealkylation sites (tertiary alicyclic amines) is 2. The minimum absolute atomic E-state index is 0.0853. The summed E-state index contributed by atoms with van der Waals surface area (Å²) in [5, 5.41) is 3.57. The molecule has 0 unspecified atom stereocenters. The molecule has 2 amide bonds. The Morgan fingerprint density at radius 3 is 1.90 bits per heavy atom. The number of benzene rings is 3. The van der Waals surface area contributed by atoms with Crippen molar-refractivity contribution in [1.29, 1.82) is 0 Å². The summed E-state index contributed by atoms with van der Waals surface area (Å²) in [6.07, 6.45) is 0.921. The Bertz CT molecular complexity index is 1470. The van der Waals surface area contributed by atoms with Gasteiger partial charge in [0.1, 0.15) is 23.2 Å². The van der Waals surface area contributed by atoms with Crippen LogP contribution in [0, 0.1) is 6.92 Å². The van der Waals surface area contributed by atoms with Crippen LogP contribution in [0.5, 0.6) is 0 Å². The smallest absolute Gasteiger partial charge is 0.441 e. The molecule has 9 heteroatoms. The number of hydrogen-bond donors (Lipinski definition) is 0. The maximum Gasteiger partial charge on any atom is 0.519 e. The highest BCUT2D eigenvalue weighted by Gasteiger charge is 2.59. The Hall–Kier alpha value is -4.16. The minimum atomic E-state index is -2.36. The molecule has 4 aromatic rings. The predicted octanol–water partition coefficient (Wildman–Crippen LogP) is 3.85. The molecular weight excluding hydrogens is 539 g/mol. The molecule has 41 heavy (non-hydrogen) atoms. The zero-order valence-electron chi connectivity index (χ0n) is 22.8. The second kappa shape index (κ2) is 11.4. The van der Waals surface area contributed by atoms with E-state index in [-0.39, 0.29) is 35.7 Å². The second-order valence-electron chi connectivity index (χ2n) is 10.4. The first kappa shape index (κ1) is 27.0. The van der Waals surface area contributed by atoms with Gasteiger partial charge >= 0.3 is 11.9 Å². The van der Waals surface area contributed by atoms with Crippen LogP contribution in [-0.2, 0) is 16.1 Å². The van der Waals surface area contributed by atoms with E-state index >= 15 is 0 Å². The molecule has 0 spiro atoms. The van der Waals surface area contributed by atoms with Crippen molar-refractivity contribution in [3.05, 3.63) is 113 Å². The molecule has 2 aliphatic rings. The number of carbonyl (C=O) groups is 2. The first-order valence-corrected chi connectivity index (χ1v) is 15.7. The third kappa shape index (κ3) is 4.97. The lowest BCUT2D eigenvalue weighted by Gasteiger charge is -2.32. The molecule has 2 saturated heterocycles. The monoisotopic (exact) mass is 571 g/mol. The number of nitrogens with zero attached hydrogens (tertiary/aromatic N) is 2. The van der Waals surface area contributed by atoms with E-state index in [2.05, 4.69) is 72.8 Å². The summed E-state index contributed by atoms with van der Waals surface area (Å²) < 4.78 is 15.2. The van der Waals surface area contributed by atoms with Gasteiger partial charge < -0.3 is 23.4 Å². The normalized spacial score (nSPS) is 19.1. The van der Waals surface area contributed by atoms with Crippen molar-refractivity contribution in [3.8, 4) is 0 Å². The Kier molecular flexibility index (Phi) is 7.50. The summed E-state index contributed by atoms with van der Waals surface area (Å²) in [6, 6.07) is 31.3. The van der Waals surface area contributed by atoms with Crippen LogP contribution in [-0.4, -0.2) is 53.1 Å². The van der Waals surface area contributed by atoms with Gasteiger partial charge in [-0.05, 0) is 49.7 Å². The Labute approximate surface area is 238 Å². The molecule has 210 valence electrons. The fourth-order valence-electron chi connectivity index (χ4n) is 6.27. The van der Waals surface area contributed by atoms with E-state index in [9.17, 15) is 14.4 Å². The van der Waals surface area contributed by atoms with E-state index in [0.717, 1.165) is 6.42 Å². The molecule has 8 nitrogen and oxygen atoms in total. The molecule has 2 aliphatic heterocycles. The summed E-state index contributed by atoms with van der Waals surface area (Å²) in [4.78, 5) is 42.2. The third-order valence-corrected chi connectivity index (χ3v) is 12.9. The van der Waals surface area contributed by atoms with Crippen LogP contribution in [0.25, 0.3) is 0 Å². The van der Waals surface area contributed by atoms with Crippen LogP contribution in [0.4, 0.5) is 4.79 Å². The van der Waals surface area contributed by atoms with E-state index in [1.54, 1.807) is 11.8 Å². The fourth-order valence-corrected chi connectivity index (χ4v) is 11.2. The van der Waals surface area contributed by atoms with Crippen molar-refractivity contribution in [3.63, 3.8) is 0 Å². The van der Waals surface area contributed by atoms with Crippen molar-refractivity contribution < 1.29 is 23.2 Å². The topological polar surface area (TPSA) is 93.2 Å². The molecular formula is C32H32N2O6P+. The summed E-state index contributed by atoms with van der Waals surface area (Å²) in [7, 11) is -2.36. The quantitative estimate of drug-likeness (QED) is 0.313. The largest absolute Gasteiger partial charge is 0.519 e. The summed E-state index contributed by atoms with van der Waals surface area (Å²) in [6.45, 7) is 2.94. The summed E-state index contributed by atoms with van der Waals surface area (Å²) in [5.74, 6) is -0.194. The van der Waals surface area contributed by atoms with E-state index in [0.29, 0.717) is 26.1 Å². The lowest BCUT2D eigenvalue weighted by atomic mass is 10.2. The average Bonchev–Trinajstić information content (AvgIpc) is 3.73. The molecule has 1 aromatic heterocycles. The molecule has 0 saturated carbocycles. The molecule has 2 atom stereocenters. The van der Waals surface area contributed by atoms with Gasteiger partial charge in [0.05, 0.1) is 6.04 Å². The predicted molar refractivity (Wildman–Crippen MR) is 157 cm³/mol. The maximum atomic E-state index is 14.5. The number of rotatable bonds is 7. The van der Waals surface area contributed by atoms with Crippen LogP contribution in [0.1, 0.15) is 24.4 Å². The molecule has 0 bridgehead atoms. The van der Waals surface area contributed by atoms with Crippen LogP contribution in [0.3, 0.4) is 0 Å². The van der Waals surface area contributed by atoms with Gasteiger partial charge in [0.15, 0.2) is 23.8 Å². The van der Waals surface area contributed by atoms with Gasteiger partial charge in [0.25, 0.3) is 5.91 Å². The Morgan fingerprint density at radius 1 is 0.829 bits per heavy atom. The van der Waals surface area contributed by atoms with Crippen molar-refractivity contribution in [2.75, 3.05) is 19.6 Å². The van der Waals surface area contributed by atoms with E-state index < -0.39 is 19.2 Å². The van der Waals surface area contributed by atoms with E-state index in [1.165, 1.54) is 15.9 Å². The molecule has 0 aliphatic carbocycles. The van der Waals surface area contributed by atoms with Gasteiger partial charge in [-0.15, -0.1) is 0 Å². The second-order valence-corrected chi connectivity index (χ2v) is 14.1. The number of hydrogen-bond acceptors (Lipinski definition) is 6. The minimum Gasteiger partial charge on any atom is -0.441 e. The number of ether oxygens (including phenoxy) is 1. The van der Waals surface area contributed by atoms with Crippen LogP contribution < -0.4 is 21.7 Å². The van der Waals surface area contributed by atoms with Gasteiger partial charge in [0.2, 0.25) is 0 Å². The standard InChI is InChI=1S/C32H32N2O6P/c1-23-28(40-32(37)39-23)22-38-31(36)33-19-17-24(21-33)34-20-18-29(30(34)35)41(25-11-5-2-6-12-25,26-13-7-3-8-14-26)27-15-9-4-10-16-27/h2-16,24,29H,17-22H2,1H3/q+1/t24-,29+/m1/s1. The van der Waals surface area contributed by atoms with Gasteiger partial charge in [-0.25, -0.2) is 9.59 Å². The maximum absolute atomic E-state index is 14.5. The summed E-state index contributed by atoms with van der Waals surface area (Å²) in [5.41, 5.74) is -0.206. The average molecular weight is 572 g/mol. The third-order valence-electron chi connectivity index (χ3n) is 8.19. The Balaban J connectivity index is 1.26. The van der Waals surface area contributed by atoms with Gasteiger partial charge in [-0.1, -0.05) is 54.6 Å². The highest BCUT2D eigenvalue weighted by molar-refractivity contribution is 7.96. The summed E-state index contributed by atoms with van der Waals surface area (Å²) >= 11 is 0. The molecule has 6 rings (SSSR count). The van der Waals surface area contributed by atoms with E-state index in [4.69, 9.17) is 13.6 Å². The van der Waals surface area contributed by atoms with Crippen molar-refractivity contribution in [2.24, 2.45) is 0 Å². The van der Waals surface area contributed by atoms with Gasteiger partial charge in [-0.2, -0.15) is 0 Å². The van der Waals surface area contributed by atoms with Gasteiger partial charge in [0, 0.05) is 26.1 Å². The van der Waals surface area contributed by atoms with Crippen molar-refractivity contribution in [2.45, 2.75) is 38.1 Å².